The van der Waals surface area contributed by atoms with Gasteiger partial charge in [-0.1, -0.05) is 18.5 Å². The summed E-state index contributed by atoms with van der Waals surface area (Å²) >= 11 is 0. The zero-order valence-corrected chi connectivity index (χ0v) is 13.0. The number of aryl methyl sites for hydroxylation is 1. The first-order valence-corrected chi connectivity index (χ1v) is 7.87. The molecule has 0 radical (unpaired) electrons. The number of rotatable bonds is 7. The standard InChI is InChI=1S/C15H25N3O3/c1-3-4-8-13-16-15(21-17-13)12-7-5-6-10-18(12)14(19)9-11-20-2/h12H,3-11H2,1-2H3/t12-/m0/s1. The fraction of sp³-hybridized carbons (Fsp3) is 0.800. The van der Waals surface area contributed by atoms with E-state index in [9.17, 15) is 4.79 Å². The van der Waals surface area contributed by atoms with Crippen LogP contribution in [0.25, 0.3) is 0 Å². The highest BCUT2D eigenvalue weighted by Crippen LogP contribution is 2.30. The molecule has 1 aliphatic rings. The fourth-order valence-electron chi connectivity index (χ4n) is 2.66. The molecule has 0 aliphatic carbocycles. The van der Waals surface area contributed by atoms with Crippen LogP contribution in [0.2, 0.25) is 0 Å². The van der Waals surface area contributed by atoms with Crippen LogP contribution in [0.5, 0.6) is 0 Å². The molecule has 0 spiro atoms. The number of hydrogen-bond acceptors (Lipinski definition) is 5. The normalized spacial score (nSPS) is 19.0. The van der Waals surface area contributed by atoms with E-state index in [4.69, 9.17) is 9.26 Å². The first-order valence-electron chi connectivity index (χ1n) is 7.87. The van der Waals surface area contributed by atoms with Crippen LogP contribution in [-0.2, 0) is 16.0 Å². The highest BCUT2D eigenvalue weighted by atomic mass is 16.5. The molecular weight excluding hydrogens is 270 g/mol. The van der Waals surface area contributed by atoms with E-state index in [1.807, 2.05) is 4.90 Å². The van der Waals surface area contributed by atoms with E-state index in [1.165, 1.54) is 0 Å². The molecule has 1 aliphatic heterocycles. The van der Waals surface area contributed by atoms with Crippen molar-refractivity contribution in [2.45, 2.75) is 57.9 Å². The van der Waals surface area contributed by atoms with Crippen molar-refractivity contribution in [2.24, 2.45) is 0 Å². The smallest absolute Gasteiger partial charge is 0.249 e. The molecule has 0 aromatic carbocycles. The lowest BCUT2D eigenvalue weighted by atomic mass is 10.0. The van der Waals surface area contributed by atoms with Crippen LogP contribution in [0.4, 0.5) is 0 Å². The van der Waals surface area contributed by atoms with Crippen molar-refractivity contribution in [1.82, 2.24) is 15.0 Å². The number of nitrogens with zero attached hydrogens (tertiary/aromatic N) is 3. The zero-order chi connectivity index (χ0) is 15.1. The topological polar surface area (TPSA) is 68.5 Å². The quantitative estimate of drug-likeness (QED) is 0.773. The Morgan fingerprint density at radius 3 is 3.10 bits per heavy atom. The van der Waals surface area contributed by atoms with Crippen LogP contribution in [-0.4, -0.2) is 41.2 Å². The Labute approximate surface area is 125 Å². The summed E-state index contributed by atoms with van der Waals surface area (Å²) in [4.78, 5) is 18.6. The molecule has 2 rings (SSSR count). The third kappa shape index (κ3) is 4.27. The van der Waals surface area contributed by atoms with Crippen molar-refractivity contribution in [3.8, 4) is 0 Å². The van der Waals surface area contributed by atoms with Gasteiger partial charge in [0.1, 0.15) is 6.04 Å². The number of likely N-dealkylation sites (tertiary alicyclic amines) is 1. The first-order chi connectivity index (χ1) is 10.3. The van der Waals surface area contributed by atoms with Crippen molar-refractivity contribution in [2.75, 3.05) is 20.3 Å². The van der Waals surface area contributed by atoms with Gasteiger partial charge in [0, 0.05) is 20.1 Å². The molecule has 2 heterocycles. The predicted molar refractivity (Wildman–Crippen MR) is 77.7 cm³/mol. The second kappa shape index (κ2) is 8.12. The van der Waals surface area contributed by atoms with Gasteiger partial charge in [0.2, 0.25) is 11.8 Å². The summed E-state index contributed by atoms with van der Waals surface area (Å²) in [5.74, 6) is 1.45. The summed E-state index contributed by atoms with van der Waals surface area (Å²) in [6.07, 6.45) is 6.43. The summed E-state index contributed by atoms with van der Waals surface area (Å²) in [5.41, 5.74) is 0. The predicted octanol–water partition coefficient (Wildman–Crippen LogP) is 2.50. The number of unbranched alkanes of at least 4 members (excludes halogenated alkanes) is 1. The second-order valence-electron chi connectivity index (χ2n) is 5.49. The number of ether oxygens (including phenoxy) is 1. The van der Waals surface area contributed by atoms with Gasteiger partial charge in [0.25, 0.3) is 0 Å². The van der Waals surface area contributed by atoms with Gasteiger partial charge in [-0.15, -0.1) is 0 Å². The van der Waals surface area contributed by atoms with Gasteiger partial charge in [-0.3, -0.25) is 4.79 Å². The Bertz CT molecular complexity index is 447. The molecule has 1 aromatic heterocycles. The molecular formula is C15H25N3O3. The minimum absolute atomic E-state index is 0.0639. The van der Waals surface area contributed by atoms with Gasteiger partial charge in [-0.2, -0.15) is 4.98 Å². The number of amides is 1. The molecule has 21 heavy (non-hydrogen) atoms. The van der Waals surface area contributed by atoms with Crippen LogP contribution >= 0.6 is 0 Å². The van der Waals surface area contributed by atoms with Crippen LogP contribution < -0.4 is 0 Å². The Kier molecular flexibility index (Phi) is 6.17. The van der Waals surface area contributed by atoms with E-state index in [1.54, 1.807) is 7.11 Å². The molecule has 1 aromatic rings. The number of piperidine rings is 1. The number of carbonyl (C=O) groups excluding carboxylic acids is 1. The van der Waals surface area contributed by atoms with Gasteiger partial charge in [-0.25, -0.2) is 0 Å². The van der Waals surface area contributed by atoms with Crippen molar-refractivity contribution < 1.29 is 14.1 Å². The molecule has 1 atom stereocenters. The Balaban J connectivity index is 2.03. The summed E-state index contributed by atoms with van der Waals surface area (Å²) < 4.78 is 10.4. The average molecular weight is 295 g/mol. The molecule has 6 heteroatoms. The van der Waals surface area contributed by atoms with E-state index < -0.39 is 0 Å². The summed E-state index contributed by atoms with van der Waals surface area (Å²) in [6, 6.07) is -0.0639. The number of carbonyl (C=O) groups is 1. The van der Waals surface area contributed by atoms with Gasteiger partial charge in [0.15, 0.2) is 5.82 Å². The Hall–Kier alpha value is -1.43. The van der Waals surface area contributed by atoms with Crippen LogP contribution in [0.3, 0.4) is 0 Å². The second-order valence-corrected chi connectivity index (χ2v) is 5.49. The van der Waals surface area contributed by atoms with Gasteiger partial charge in [-0.05, 0) is 25.7 Å². The Morgan fingerprint density at radius 2 is 2.33 bits per heavy atom. The van der Waals surface area contributed by atoms with E-state index >= 15 is 0 Å². The molecule has 1 saturated heterocycles. The number of hydrogen-bond donors (Lipinski definition) is 0. The van der Waals surface area contributed by atoms with Crippen molar-refractivity contribution >= 4 is 5.91 Å². The van der Waals surface area contributed by atoms with Gasteiger partial charge < -0.3 is 14.2 Å². The van der Waals surface area contributed by atoms with E-state index in [0.29, 0.717) is 18.9 Å². The maximum atomic E-state index is 12.3. The minimum atomic E-state index is -0.0639. The highest BCUT2D eigenvalue weighted by Gasteiger charge is 2.31. The Morgan fingerprint density at radius 1 is 1.48 bits per heavy atom. The maximum Gasteiger partial charge on any atom is 0.249 e. The lowest BCUT2D eigenvalue weighted by Crippen LogP contribution is -2.39. The first kappa shape index (κ1) is 15.9. The van der Waals surface area contributed by atoms with Gasteiger partial charge >= 0.3 is 0 Å². The SMILES string of the molecule is CCCCc1noc([C@@H]2CCCCN2C(=O)CCOC)n1. The molecule has 0 N–H and O–H groups in total. The molecule has 6 nitrogen and oxygen atoms in total. The number of methoxy groups -OCH3 is 1. The lowest BCUT2D eigenvalue weighted by molar-refractivity contribution is -0.136. The van der Waals surface area contributed by atoms with Crippen LogP contribution in [0.1, 0.15) is 63.2 Å². The summed E-state index contributed by atoms with van der Waals surface area (Å²) in [6.45, 7) is 3.35. The van der Waals surface area contributed by atoms with E-state index in [-0.39, 0.29) is 11.9 Å². The highest BCUT2D eigenvalue weighted by molar-refractivity contribution is 5.76. The molecule has 1 amide bonds. The number of aromatic nitrogens is 2. The summed E-state index contributed by atoms with van der Waals surface area (Å²) in [7, 11) is 1.61. The fourth-order valence-corrected chi connectivity index (χ4v) is 2.66. The zero-order valence-electron chi connectivity index (χ0n) is 13.0. The van der Waals surface area contributed by atoms with E-state index in [2.05, 4.69) is 17.1 Å². The largest absolute Gasteiger partial charge is 0.384 e. The van der Waals surface area contributed by atoms with Gasteiger partial charge in [0.05, 0.1) is 13.0 Å². The van der Waals surface area contributed by atoms with Crippen LogP contribution in [0.15, 0.2) is 4.52 Å². The van der Waals surface area contributed by atoms with E-state index in [0.717, 1.165) is 50.9 Å². The lowest BCUT2D eigenvalue weighted by Gasteiger charge is -2.33. The molecule has 0 unspecified atom stereocenters. The van der Waals surface area contributed by atoms with Crippen molar-refractivity contribution in [1.29, 1.82) is 0 Å². The third-order valence-electron chi connectivity index (χ3n) is 3.87. The minimum Gasteiger partial charge on any atom is -0.384 e. The maximum absolute atomic E-state index is 12.3. The third-order valence-corrected chi connectivity index (χ3v) is 3.87. The average Bonchev–Trinajstić information content (AvgIpc) is 2.99. The molecule has 118 valence electrons. The summed E-state index contributed by atoms with van der Waals surface area (Å²) in [5, 5.41) is 4.04. The molecule has 0 bridgehead atoms. The van der Waals surface area contributed by atoms with Crippen molar-refractivity contribution in [3.05, 3.63) is 11.7 Å². The van der Waals surface area contributed by atoms with Crippen molar-refractivity contribution in [3.63, 3.8) is 0 Å². The monoisotopic (exact) mass is 295 g/mol. The molecule has 1 fully saturated rings. The van der Waals surface area contributed by atoms with Crippen LogP contribution in [0, 0.1) is 0 Å². The molecule has 0 saturated carbocycles.